The highest BCUT2D eigenvalue weighted by Crippen LogP contribution is 2.03. The fraction of sp³-hybridized carbons (Fsp3) is 0.778. The Morgan fingerprint density at radius 1 is 1.33 bits per heavy atom. The molecule has 0 aliphatic heterocycles. The van der Waals surface area contributed by atoms with Crippen LogP contribution in [0, 0.1) is 0 Å². The smallest absolute Gasteiger partial charge is 0.305 e. The largest absolute Gasteiger partial charge is 0.469 e. The van der Waals surface area contributed by atoms with Crippen molar-refractivity contribution in [2.75, 3.05) is 13.7 Å². The Hall–Kier alpha value is -0.860. The second-order valence-corrected chi connectivity index (χ2v) is 2.69. The van der Waals surface area contributed by atoms with Crippen molar-refractivity contribution in [2.24, 2.45) is 4.99 Å². The van der Waals surface area contributed by atoms with E-state index in [1.165, 1.54) is 7.11 Å². The van der Waals surface area contributed by atoms with Gasteiger partial charge in [0.1, 0.15) is 0 Å². The minimum atomic E-state index is -0.114. The van der Waals surface area contributed by atoms with Gasteiger partial charge in [0.2, 0.25) is 0 Å². The van der Waals surface area contributed by atoms with Crippen molar-refractivity contribution in [3.63, 3.8) is 0 Å². The highest BCUT2D eigenvalue weighted by molar-refractivity contribution is 5.68. The lowest BCUT2D eigenvalue weighted by atomic mass is 10.1. The Bertz CT molecular complexity index is 134. The number of hydrogen-bond donors (Lipinski definition) is 0. The summed E-state index contributed by atoms with van der Waals surface area (Å²) in [5.74, 6) is -0.114. The molecule has 0 radical (unpaired) electrons. The van der Waals surface area contributed by atoms with E-state index in [9.17, 15) is 4.79 Å². The van der Waals surface area contributed by atoms with Crippen LogP contribution in [0.3, 0.4) is 0 Å². The molecule has 70 valence electrons. The molecular weight excluding hydrogens is 154 g/mol. The van der Waals surface area contributed by atoms with E-state index in [4.69, 9.17) is 0 Å². The van der Waals surface area contributed by atoms with Crippen molar-refractivity contribution in [2.45, 2.75) is 32.1 Å². The van der Waals surface area contributed by atoms with Crippen LogP contribution in [-0.4, -0.2) is 26.3 Å². The molecule has 0 rings (SSSR count). The summed E-state index contributed by atoms with van der Waals surface area (Å²) in [5.41, 5.74) is 0. The van der Waals surface area contributed by atoms with E-state index >= 15 is 0 Å². The van der Waals surface area contributed by atoms with Crippen molar-refractivity contribution >= 4 is 12.7 Å². The number of unbranched alkanes of at least 4 members (excludes halogenated alkanes) is 3. The van der Waals surface area contributed by atoms with Crippen LogP contribution >= 0.6 is 0 Å². The van der Waals surface area contributed by atoms with Gasteiger partial charge in [0.05, 0.1) is 7.11 Å². The Morgan fingerprint density at radius 3 is 2.58 bits per heavy atom. The van der Waals surface area contributed by atoms with Crippen LogP contribution in [0.5, 0.6) is 0 Å². The van der Waals surface area contributed by atoms with E-state index in [1.807, 2.05) is 0 Å². The van der Waals surface area contributed by atoms with E-state index < -0.39 is 0 Å². The van der Waals surface area contributed by atoms with Crippen molar-refractivity contribution in [3.05, 3.63) is 0 Å². The number of aliphatic imine (C=N–C) groups is 1. The summed E-state index contributed by atoms with van der Waals surface area (Å²) in [5, 5.41) is 0. The summed E-state index contributed by atoms with van der Waals surface area (Å²) < 4.78 is 4.51. The quantitative estimate of drug-likeness (QED) is 0.333. The first-order valence-electron chi connectivity index (χ1n) is 4.30. The molecule has 0 atom stereocenters. The lowest BCUT2D eigenvalue weighted by Gasteiger charge is -1.98. The molecule has 0 fully saturated rings. The molecule has 0 unspecified atom stereocenters. The van der Waals surface area contributed by atoms with Crippen molar-refractivity contribution in [1.82, 2.24) is 0 Å². The highest BCUT2D eigenvalue weighted by Gasteiger charge is 1.98. The predicted octanol–water partition coefficient (Wildman–Crippen LogP) is 1.81. The van der Waals surface area contributed by atoms with Crippen LogP contribution in [-0.2, 0) is 9.53 Å². The van der Waals surface area contributed by atoms with Crippen LogP contribution in [0.4, 0.5) is 0 Å². The molecule has 0 aromatic carbocycles. The summed E-state index contributed by atoms with van der Waals surface area (Å²) in [4.78, 5) is 14.4. The molecule has 3 heteroatoms. The van der Waals surface area contributed by atoms with Gasteiger partial charge < -0.3 is 9.73 Å². The summed E-state index contributed by atoms with van der Waals surface area (Å²) in [6, 6.07) is 0. The van der Waals surface area contributed by atoms with Gasteiger partial charge in [0.25, 0.3) is 0 Å². The number of hydrogen-bond acceptors (Lipinski definition) is 3. The third-order valence-electron chi connectivity index (χ3n) is 1.67. The maximum atomic E-state index is 10.6. The first-order chi connectivity index (χ1) is 5.81. The molecule has 0 bridgehead atoms. The van der Waals surface area contributed by atoms with Gasteiger partial charge in [-0.2, -0.15) is 0 Å². The molecule has 0 N–H and O–H groups in total. The molecule has 0 aromatic rings. The van der Waals surface area contributed by atoms with Crippen LogP contribution < -0.4 is 0 Å². The maximum absolute atomic E-state index is 10.6. The second-order valence-electron chi connectivity index (χ2n) is 2.69. The summed E-state index contributed by atoms with van der Waals surface area (Å²) in [6.45, 7) is 4.23. The van der Waals surface area contributed by atoms with Gasteiger partial charge in [0.15, 0.2) is 0 Å². The second kappa shape index (κ2) is 8.24. The fourth-order valence-corrected chi connectivity index (χ4v) is 0.949. The Morgan fingerprint density at radius 2 is 2.00 bits per heavy atom. The van der Waals surface area contributed by atoms with E-state index in [0.29, 0.717) is 6.42 Å². The van der Waals surface area contributed by atoms with Crippen molar-refractivity contribution in [3.8, 4) is 0 Å². The molecule has 12 heavy (non-hydrogen) atoms. The zero-order valence-electron chi connectivity index (χ0n) is 7.71. The number of carbonyl (C=O) groups excluding carboxylic acids is 1. The number of esters is 1. The molecule has 0 aliphatic carbocycles. The van der Waals surface area contributed by atoms with Crippen molar-refractivity contribution < 1.29 is 9.53 Å². The monoisotopic (exact) mass is 171 g/mol. The molecule has 0 heterocycles. The Labute approximate surface area is 73.8 Å². The third kappa shape index (κ3) is 7.25. The first-order valence-corrected chi connectivity index (χ1v) is 4.30. The highest BCUT2D eigenvalue weighted by atomic mass is 16.5. The lowest BCUT2D eigenvalue weighted by Crippen LogP contribution is -1.99. The van der Waals surface area contributed by atoms with E-state index in [1.54, 1.807) is 0 Å². The van der Waals surface area contributed by atoms with Crippen molar-refractivity contribution in [1.29, 1.82) is 0 Å². The van der Waals surface area contributed by atoms with Gasteiger partial charge >= 0.3 is 5.97 Å². The topological polar surface area (TPSA) is 38.7 Å². The van der Waals surface area contributed by atoms with Gasteiger partial charge in [-0.1, -0.05) is 12.8 Å². The minimum absolute atomic E-state index is 0.114. The molecule has 0 aromatic heterocycles. The number of rotatable bonds is 7. The van der Waals surface area contributed by atoms with Crippen LogP contribution in [0.2, 0.25) is 0 Å². The van der Waals surface area contributed by atoms with Crippen LogP contribution in [0.1, 0.15) is 32.1 Å². The maximum Gasteiger partial charge on any atom is 0.305 e. The average Bonchev–Trinajstić information content (AvgIpc) is 2.10. The first kappa shape index (κ1) is 11.1. The van der Waals surface area contributed by atoms with Gasteiger partial charge in [0, 0.05) is 13.0 Å². The SMILES string of the molecule is C=NCCCCCCC(=O)OC. The standard InChI is InChI=1S/C9H17NO2/c1-10-8-6-4-3-5-7-9(11)12-2/h1,3-8H2,2H3. The Kier molecular flexibility index (Phi) is 7.65. The minimum Gasteiger partial charge on any atom is -0.469 e. The zero-order valence-corrected chi connectivity index (χ0v) is 7.71. The molecule has 0 amide bonds. The zero-order chi connectivity index (χ0) is 9.23. The normalized spacial score (nSPS) is 9.42. The van der Waals surface area contributed by atoms with E-state index in [0.717, 1.165) is 32.2 Å². The molecular formula is C9H17NO2. The molecule has 3 nitrogen and oxygen atoms in total. The summed E-state index contributed by atoms with van der Waals surface area (Å²) in [7, 11) is 1.42. The fourth-order valence-electron chi connectivity index (χ4n) is 0.949. The van der Waals surface area contributed by atoms with E-state index in [-0.39, 0.29) is 5.97 Å². The number of methoxy groups -OCH3 is 1. The molecule has 0 aliphatic rings. The molecule has 0 spiro atoms. The third-order valence-corrected chi connectivity index (χ3v) is 1.67. The summed E-state index contributed by atoms with van der Waals surface area (Å²) >= 11 is 0. The molecule has 0 saturated heterocycles. The molecule has 0 saturated carbocycles. The number of nitrogens with zero attached hydrogens (tertiary/aromatic N) is 1. The average molecular weight is 171 g/mol. The predicted molar refractivity (Wildman–Crippen MR) is 49.5 cm³/mol. The van der Waals surface area contributed by atoms with Crippen LogP contribution in [0.25, 0.3) is 0 Å². The summed E-state index contributed by atoms with van der Waals surface area (Å²) in [6.07, 6.45) is 4.73. The van der Waals surface area contributed by atoms with Gasteiger partial charge in [-0.3, -0.25) is 4.79 Å². The lowest BCUT2D eigenvalue weighted by molar-refractivity contribution is -0.140. The Balaban J connectivity index is 3.00. The van der Waals surface area contributed by atoms with Crippen LogP contribution in [0.15, 0.2) is 4.99 Å². The van der Waals surface area contributed by atoms with Gasteiger partial charge in [-0.05, 0) is 19.6 Å². The number of carbonyl (C=O) groups is 1. The van der Waals surface area contributed by atoms with Gasteiger partial charge in [-0.25, -0.2) is 0 Å². The van der Waals surface area contributed by atoms with E-state index in [2.05, 4.69) is 16.4 Å². The number of ether oxygens (including phenoxy) is 1. The van der Waals surface area contributed by atoms with Gasteiger partial charge in [-0.15, -0.1) is 0 Å².